The summed E-state index contributed by atoms with van der Waals surface area (Å²) in [5.74, 6) is 1.54. The van der Waals surface area contributed by atoms with Gasteiger partial charge in [0.15, 0.2) is 11.5 Å². The molecule has 1 amide bonds. The molecule has 1 heterocycles. The summed E-state index contributed by atoms with van der Waals surface area (Å²) in [5.41, 5.74) is 2.48. The Morgan fingerprint density at radius 3 is 2.16 bits per heavy atom. The molecular formula is C24H27ClN2O5. The van der Waals surface area contributed by atoms with Crippen LogP contribution >= 0.6 is 12.4 Å². The van der Waals surface area contributed by atoms with E-state index in [2.05, 4.69) is 16.7 Å². The average Bonchev–Trinajstić information content (AvgIpc) is 3.21. The monoisotopic (exact) mass is 458 g/mol. The zero-order valence-electron chi connectivity index (χ0n) is 18.2. The van der Waals surface area contributed by atoms with Crippen molar-refractivity contribution < 1.29 is 24.1 Å². The van der Waals surface area contributed by atoms with E-state index in [0.29, 0.717) is 35.9 Å². The SMILES string of the molecule is COc1cc(-c2ccc3cc(C(=O)N[C@H]4CNC[C@H]4O)ccc3c2)cc(OC)c1OC.Cl. The maximum absolute atomic E-state index is 12.6. The third-order valence-electron chi connectivity index (χ3n) is 5.60. The predicted octanol–water partition coefficient (Wildman–Crippen LogP) is 3.02. The summed E-state index contributed by atoms with van der Waals surface area (Å²) in [6.07, 6.45) is -0.564. The van der Waals surface area contributed by atoms with E-state index in [0.717, 1.165) is 21.9 Å². The maximum Gasteiger partial charge on any atom is 0.251 e. The summed E-state index contributed by atoms with van der Waals surface area (Å²) in [4.78, 5) is 12.6. The number of ether oxygens (including phenoxy) is 3. The van der Waals surface area contributed by atoms with Crippen LogP contribution in [0.2, 0.25) is 0 Å². The standard InChI is InChI=1S/C24H26N2O5.ClH/c1-29-21-10-18(11-22(30-2)23(21)31-3)16-5-4-15-9-17(7-6-14(15)8-16)24(28)26-19-12-25-13-20(19)27;/h4-11,19-20,25,27H,12-13H2,1-3H3,(H,26,28);1H/t19-,20+;/m0./s1. The highest BCUT2D eigenvalue weighted by atomic mass is 35.5. The van der Waals surface area contributed by atoms with E-state index >= 15 is 0 Å². The van der Waals surface area contributed by atoms with Crippen LogP contribution in [-0.4, -0.2) is 57.6 Å². The number of hydrogen-bond donors (Lipinski definition) is 3. The molecule has 0 aromatic heterocycles. The first-order valence-electron chi connectivity index (χ1n) is 10.1. The molecule has 4 rings (SSSR count). The Morgan fingerprint density at radius 1 is 0.906 bits per heavy atom. The van der Waals surface area contributed by atoms with Gasteiger partial charge >= 0.3 is 0 Å². The van der Waals surface area contributed by atoms with Gasteiger partial charge < -0.3 is 30.0 Å². The fraction of sp³-hybridized carbons (Fsp3) is 0.292. The first kappa shape index (κ1) is 23.7. The van der Waals surface area contributed by atoms with Crippen molar-refractivity contribution in [3.8, 4) is 28.4 Å². The number of nitrogens with one attached hydrogen (secondary N) is 2. The summed E-state index contributed by atoms with van der Waals surface area (Å²) in [6.45, 7) is 1.06. The number of β-amino-alcohol motifs (C(OH)–C–C–N with tert-alkyl or cyclic N) is 1. The number of fused-ring (bicyclic) bond motifs is 1. The summed E-state index contributed by atoms with van der Waals surface area (Å²) in [7, 11) is 4.76. The lowest BCUT2D eigenvalue weighted by atomic mass is 9.99. The number of halogens is 1. The van der Waals surface area contributed by atoms with Gasteiger partial charge in [-0.1, -0.05) is 18.2 Å². The molecule has 170 valence electrons. The fourth-order valence-corrected chi connectivity index (χ4v) is 3.88. The Hall–Kier alpha value is -3.00. The highest BCUT2D eigenvalue weighted by molar-refractivity contribution is 5.99. The van der Waals surface area contributed by atoms with Gasteiger partial charge in [0, 0.05) is 18.7 Å². The van der Waals surface area contributed by atoms with Gasteiger partial charge in [0.25, 0.3) is 5.91 Å². The number of aliphatic hydroxyl groups is 1. The van der Waals surface area contributed by atoms with Crippen molar-refractivity contribution in [1.82, 2.24) is 10.6 Å². The van der Waals surface area contributed by atoms with Crippen molar-refractivity contribution in [3.05, 3.63) is 54.1 Å². The minimum Gasteiger partial charge on any atom is -0.493 e. The highest BCUT2D eigenvalue weighted by Gasteiger charge is 2.26. The first-order valence-corrected chi connectivity index (χ1v) is 10.1. The predicted molar refractivity (Wildman–Crippen MR) is 126 cm³/mol. The van der Waals surface area contributed by atoms with E-state index in [4.69, 9.17) is 14.2 Å². The van der Waals surface area contributed by atoms with Gasteiger partial charge in [-0.15, -0.1) is 12.4 Å². The van der Waals surface area contributed by atoms with Gasteiger partial charge in [0.1, 0.15) is 0 Å². The number of rotatable bonds is 6. The lowest BCUT2D eigenvalue weighted by Crippen LogP contribution is -2.42. The van der Waals surface area contributed by atoms with Crippen LogP contribution in [0, 0.1) is 0 Å². The lowest BCUT2D eigenvalue weighted by molar-refractivity contribution is 0.0889. The van der Waals surface area contributed by atoms with Crippen molar-refractivity contribution in [1.29, 1.82) is 0 Å². The van der Waals surface area contributed by atoms with Crippen molar-refractivity contribution in [3.63, 3.8) is 0 Å². The van der Waals surface area contributed by atoms with Crippen LogP contribution in [0.5, 0.6) is 17.2 Å². The molecule has 7 nitrogen and oxygen atoms in total. The Labute approximate surface area is 193 Å². The molecule has 8 heteroatoms. The Morgan fingerprint density at radius 2 is 1.56 bits per heavy atom. The second-order valence-corrected chi connectivity index (χ2v) is 7.50. The van der Waals surface area contributed by atoms with E-state index < -0.39 is 6.10 Å². The molecule has 32 heavy (non-hydrogen) atoms. The second-order valence-electron chi connectivity index (χ2n) is 7.50. The molecule has 1 saturated heterocycles. The zero-order valence-corrected chi connectivity index (χ0v) is 19.0. The van der Waals surface area contributed by atoms with Gasteiger partial charge in [0.2, 0.25) is 5.75 Å². The molecule has 3 aromatic carbocycles. The molecule has 0 saturated carbocycles. The quantitative estimate of drug-likeness (QED) is 0.526. The Kier molecular flexibility index (Phi) is 7.45. The maximum atomic E-state index is 12.6. The third-order valence-corrected chi connectivity index (χ3v) is 5.60. The number of aliphatic hydroxyl groups excluding tert-OH is 1. The Bertz CT molecular complexity index is 1100. The van der Waals surface area contributed by atoms with Crippen molar-refractivity contribution in [2.75, 3.05) is 34.4 Å². The second kappa shape index (κ2) is 10.1. The molecule has 0 bridgehead atoms. The molecule has 1 aliphatic heterocycles. The molecule has 3 aromatic rings. The summed E-state index contributed by atoms with van der Waals surface area (Å²) < 4.78 is 16.3. The molecule has 2 atom stereocenters. The first-order chi connectivity index (χ1) is 15.0. The topological polar surface area (TPSA) is 89.1 Å². The largest absolute Gasteiger partial charge is 0.493 e. The van der Waals surface area contributed by atoms with Gasteiger partial charge in [-0.2, -0.15) is 0 Å². The van der Waals surface area contributed by atoms with E-state index in [1.54, 1.807) is 27.4 Å². The van der Waals surface area contributed by atoms with Crippen molar-refractivity contribution >= 4 is 29.1 Å². The summed E-state index contributed by atoms with van der Waals surface area (Å²) in [6, 6.07) is 15.2. The molecule has 0 spiro atoms. The van der Waals surface area contributed by atoms with E-state index in [-0.39, 0.29) is 24.4 Å². The van der Waals surface area contributed by atoms with Crippen LogP contribution < -0.4 is 24.8 Å². The smallest absolute Gasteiger partial charge is 0.251 e. The number of benzene rings is 3. The molecule has 0 aliphatic carbocycles. The lowest BCUT2D eigenvalue weighted by Gasteiger charge is -2.16. The normalized spacial score (nSPS) is 17.5. The Balaban J connectivity index is 0.00000289. The highest BCUT2D eigenvalue weighted by Crippen LogP contribution is 2.41. The number of methoxy groups -OCH3 is 3. The van der Waals surface area contributed by atoms with Crippen molar-refractivity contribution in [2.45, 2.75) is 12.1 Å². The fourth-order valence-electron chi connectivity index (χ4n) is 3.88. The van der Waals surface area contributed by atoms with Crippen LogP contribution in [0.1, 0.15) is 10.4 Å². The molecule has 1 fully saturated rings. The third kappa shape index (κ3) is 4.60. The number of carbonyl (C=O) groups is 1. The van der Waals surface area contributed by atoms with Gasteiger partial charge in [-0.05, 0) is 52.2 Å². The van der Waals surface area contributed by atoms with E-state index in [1.807, 2.05) is 36.4 Å². The molecular weight excluding hydrogens is 432 g/mol. The summed E-state index contributed by atoms with van der Waals surface area (Å²) >= 11 is 0. The minimum atomic E-state index is -0.564. The zero-order chi connectivity index (χ0) is 22.0. The average molecular weight is 459 g/mol. The molecule has 1 aliphatic rings. The van der Waals surface area contributed by atoms with Crippen LogP contribution in [0.4, 0.5) is 0 Å². The molecule has 0 radical (unpaired) electrons. The number of hydrogen-bond acceptors (Lipinski definition) is 6. The van der Waals surface area contributed by atoms with E-state index in [1.165, 1.54) is 0 Å². The van der Waals surface area contributed by atoms with Crippen LogP contribution in [0.3, 0.4) is 0 Å². The molecule has 3 N–H and O–H groups in total. The van der Waals surface area contributed by atoms with Gasteiger partial charge in [-0.3, -0.25) is 4.79 Å². The van der Waals surface area contributed by atoms with Crippen LogP contribution in [0.15, 0.2) is 48.5 Å². The number of amides is 1. The molecule has 0 unspecified atom stereocenters. The van der Waals surface area contributed by atoms with Gasteiger partial charge in [-0.25, -0.2) is 0 Å². The van der Waals surface area contributed by atoms with Gasteiger partial charge in [0.05, 0.1) is 33.5 Å². The van der Waals surface area contributed by atoms with Crippen molar-refractivity contribution in [2.24, 2.45) is 0 Å². The van der Waals surface area contributed by atoms with Crippen LogP contribution in [-0.2, 0) is 0 Å². The minimum absolute atomic E-state index is 0. The number of carbonyl (C=O) groups excluding carboxylic acids is 1. The van der Waals surface area contributed by atoms with Crippen LogP contribution in [0.25, 0.3) is 21.9 Å². The summed E-state index contributed by atoms with van der Waals surface area (Å²) in [5, 5.41) is 17.8. The van der Waals surface area contributed by atoms with E-state index in [9.17, 15) is 9.90 Å².